The summed E-state index contributed by atoms with van der Waals surface area (Å²) in [5.41, 5.74) is 3.74. The minimum atomic E-state index is -3.79. The molecule has 3 N–H and O–H groups in total. The van der Waals surface area contributed by atoms with Gasteiger partial charge in [0.1, 0.15) is 0 Å². The number of nitrogens with zero attached hydrogens (tertiary/aromatic N) is 4. The van der Waals surface area contributed by atoms with Crippen LogP contribution >= 0.6 is 12.2 Å². The van der Waals surface area contributed by atoms with E-state index in [9.17, 15) is 8.42 Å². The van der Waals surface area contributed by atoms with Gasteiger partial charge in [-0.15, -0.1) is 0 Å². The van der Waals surface area contributed by atoms with Gasteiger partial charge in [0.2, 0.25) is 5.95 Å². The van der Waals surface area contributed by atoms with Crippen LogP contribution in [0, 0.1) is 6.92 Å². The first kappa shape index (κ1) is 22.4. The first-order chi connectivity index (χ1) is 15.9. The Hall–Kier alpha value is -3.83. The van der Waals surface area contributed by atoms with Crippen molar-refractivity contribution in [2.75, 3.05) is 15.4 Å². The van der Waals surface area contributed by atoms with Crippen molar-refractivity contribution in [1.29, 1.82) is 0 Å². The highest BCUT2D eigenvalue weighted by atomic mass is 32.2. The van der Waals surface area contributed by atoms with Crippen LogP contribution in [0.15, 0.2) is 84.3 Å². The highest BCUT2D eigenvalue weighted by molar-refractivity contribution is 7.92. The molecule has 0 amide bonds. The molecule has 0 aliphatic rings. The van der Waals surface area contributed by atoms with Crippen molar-refractivity contribution in [3.8, 4) is 0 Å². The second-order valence-corrected chi connectivity index (χ2v) is 9.28. The SMILES string of the molecule is Cc1ccc(Cn2cc(NC(=S)Nc3ccc(S(=O)(=O)Nc4ncccn4)cc3)cn2)cc1. The molecule has 0 radical (unpaired) electrons. The van der Waals surface area contributed by atoms with Crippen LogP contribution in [-0.2, 0) is 16.6 Å². The standard InChI is InChI=1S/C22H21N7O2S2/c1-16-3-5-17(6-4-16)14-29-15-19(13-25-29)27-22(32)26-18-7-9-20(10-8-18)33(30,31)28-21-23-11-2-12-24-21/h2-13,15H,14H2,1H3,(H,23,24,28)(H2,26,27,32). The van der Waals surface area contributed by atoms with Gasteiger partial charge in [0, 0.05) is 24.3 Å². The van der Waals surface area contributed by atoms with Gasteiger partial charge in [-0.2, -0.15) is 5.10 Å². The van der Waals surface area contributed by atoms with Crippen LogP contribution in [0.1, 0.15) is 11.1 Å². The summed E-state index contributed by atoms with van der Waals surface area (Å²) in [6.07, 6.45) is 6.46. The zero-order chi connectivity index (χ0) is 23.3. The van der Waals surface area contributed by atoms with Crippen LogP contribution < -0.4 is 15.4 Å². The van der Waals surface area contributed by atoms with E-state index in [-0.39, 0.29) is 10.8 Å². The molecular formula is C22H21N7O2S2. The zero-order valence-electron chi connectivity index (χ0n) is 17.6. The maximum atomic E-state index is 12.5. The predicted octanol–water partition coefficient (Wildman–Crippen LogP) is 3.64. The lowest BCUT2D eigenvalue weighted by Gasteiger charge is -2.10. The highest BCUT2D eigenvalue weighted by Crippen LogP contribution is 2.17. The molecule has 0 spiro atoms. The van der Waals surface area contributed by atoms with E-state index in [1.807, 2.05) is 10.9 Å². The van der Waals surface area contributed by atoms with Crippen molar-refractivity contribution < 1.29 is 8.42 Å². The number of sulfonamides is 1. The van der Waals surface area contributed by atoms with Crippen LogP contribution in [0.25, 0.3) is 0 Å². The minimum absolute atomic E-state index is 0.00741. The Morgan fingerprint density at radius 1 is 0.970 bits per heavy atom. The molecule has 0 unspecified atom stereocenters. The average molecular weight is 480 g/mol. The van der Waals surface area contributed by atoms with Gasteiger partial charge < -0.3 is 10.6 Å². The summed E-state index contributed by atoms with van der Waals surface area (Å²) in [7, 11) is -3.79. The maximum absolute atomic E-state index is 12.5. The number of hydrogen-bond acceptors (Lipinski definition) is 6. The summed E-state index contributed by atoms with van der Waals surface area (Å²) in [4.78, 5) is 7.82. The second kappa shape index (κ2) is 9.76. The van der Waals surface area contributed by atoms with E-state index in [0.29, 0.717) is 17.3 Å². The largest absolute Gasteiger partial charge is 0.332 e. The Kier molecular flexibility index (Phi) is 6.61. The number of aromatic nitrogens is 4. The van der Waals surface area contributed by atoms with Crippen LogP contribution in [0.2, 0.25) is 0 Å². The number of anilines is 3. The van der Waals surface area contributed by atoms with Gasteiger partial charge in [0.25, 0.3) is 10.0 Å². The second-order valence-electron chi connectivity index (χ2n) is 7.19. The normalized spacial score (nSPS) is 11.1. The number of nitrogens with one attached hydrogen (secondary N) is 3. The lowest BCUT2D eigenvalue weighted by Crippen LogP contribution is -2.19. The van der Waals surface area contributed by atoms with Crippen molar-refractivity contribution in [1.82, 2.24) is 19.7 Å². The molecule has 4 aromatic rings. The molecule has 11 heteroatoms. The average Bonchev–Trinajstić information content (AvgIpc) is 3.22. The molecular weight excluding hydrogens is 458 g/mol. The van der Waals surface area contributed by atoms with E-state index in [2.05, 4.69) is 61.6 Å². The van der Waals surface area contributed by atoms with Crippen molar-refractivity contribution in [2.24, 2.45) is 0 Å². The van der Waals surface area contributed by atoms with Crippen molar-refractivity contribution in [3.63, 3.8) is 0 Å². The smallest absolute Gasteiger partial charge is 0.264 e. The lowest BCUT2D eigenvalue weighted by atomic mass is 10.1. The van der Waals surface area contributed by atoms with Gasteiger partial charge in [0.05, 0.1) is 23.3 Å². The molecule has 4 rings (SSSR count). The molecule has 9 nitrogen and oxygen atoms in total. The molecule has 0 atom stereocenters. The zero-order valence-corrected chi connectivity index (χ0v) is 19.3. The van der Waals surface area contributed by atoms with Gasteiger partial charge in [-0.3, -0.25) is 4.68 Å². The molecule has 0 saturated heterocycles. The first-order valence-corrected chi connectivity index (χ1v) is 11.8. The molecule has 0 aliphatic heterocycles. The summed E-state index contributed by atoms with van der Waals surface area (Å²) >= 11 is 5.36. The Bertz CT molecular complexity index is 1340. The van der Waals surface area contributed by atoms with E-state index in [0.717, 1.165) is 11.3 Å². The molecule has 0 bridgehead atoms. The summed E-state index contributed by atoms with van der Waals surface area (Å²) in [6.45, 7) is 2.71. The molecule has 2 heterocycles. The maximum Gasteiger partial charge on any atom is 0.264 e. The Morgan fingerprint density at radius 3 is 2.33 bits per heavy atom. The Balaban J connectivity index is 1.33. The van der Waals surface area contributed by atoms with Crippen LogP contribution in [0.5, 0.6) is 0 Å². The Morgan fingerprint density at radius 2 is 1.64 bits per heavy atom. The minimum Gasteiger partial charge on any atom is -0.332 e. The van der Waals surface area contributed by atoms with E-state index in [1.165, 1.54) is 30.1 Å². The van der Waals surface area contributed by atoms with Crippen LogP contribution in [0.4, 0.5) is 17.3 Å². The predicted molar refractivity (Wildman–Crippen MR) is 132 cm³/mol. The third-order valence-corrected chi connectivity index (χ3v) is 6.12. The summed E-state index contributed by atoms with van der Waals surface area (Å²) < 4.78 is 29.1. The lowest BCUT2D eigenvalue weighted by molar-refractivity contribution is 0.601. The topological polar surface area (TPSA) is 114 Å². The fourth-order valence-electron chi connectivity index (χ4n) is 2.94. The highest BCUT2D eigenvalue weighted by Gasteiger charge is 2.15. The molecule has 0 aliphatic carbocycles. The van der Waals surface area contributed by atoms with E-state index in [4.69, 9.17) is 12.2 Å². The van der Waals surface area contributed by atoms with Crippen molar-refractivity contribution >= 4 is 44.7 Å². The quantitative estimate of drug-likeness (QED) is 0.344. The molecule has 2 aromatic heterocycles. The summed E-state index contributed by atoms with van der Waals surface area (Å²) in [5, 5.41) is 10.8. The number of hydrogen-bond donors (Lipinski definition) is 3. The van der Waals surface area contributed by atoms with Gasteiger partial charge in [-0.25, -0.2) is 23.1 Å². The van der Waals surface area contributed by atoms with Crippen molar-refractivity contribution in [3.05, 3.63) is 90.5 Å². The third-order valence-electron chi connectivity index (χ3n) is 4.57. The number of benzene rings is 2. The number of aryl methyl sites for hydroxylation is 1. The fourth-order valence-corrected chi connectivity index (χ4v) is 4.13. The van der Waals surface area contributed by atoms with Gasteiger partial charge in [-0.1, -0.05) is 29.8 Å². The summed E-state index contributed by atoms with van der Waals surface area (Å²) in [6, 6.07) is 16.1. The van der Waals surface area contributed by atoms with E-state index in [1.54, 1.807) is 24.4 Å². The summed E-state index contributed by atoms with van der Waals surface area (Å²) in [5.74, 6) is 0.00741. The van der Waals surface area contributed by atoms with Gasteiger partial charge in [0.15, 0.2) is 5.11 Å². The monoisotopic (exact) mass is 479 g/mol. The van der Waals surface area contributed by atoms with Crippen LogP contribution in [-0.4, -0.2) is 33.3 Å². The van der Waals surface area contributed by atoms with Gasteiger partial charge >= 0.3 is 0 Å². The molecule has 0 saturated carbocycles. The first-order valence-electron chi connectivity index (χ1n) is 9.93. The molecule has 2 aromatic carbocycles. The molecule has 33 heavy (non-hydrogen) atoms. The third kappa shape index (κ3) is 6.11. The van der Waals surface area contributed by atoms with Crippen LogP contribution in [0.3, 0.4) is 0 Å². The van der Waals surface area contributed by atoms with Gasteiger partial charge in [-0.05, 0) is 55.0 Å². The number of rotatable bonds is 7. The Labute approximate surface area is 197 Å². The molecule has 168 valence electrons. The molecule has 0 fully saturated rings. The fraction of sp³-hybridized carbons (Fsp3) is 0.0909. The van der Waals surface area contributed by atoms with E-state index >= 15 is 0 Å². The van der Waals surface area contributed by atoms with E-state index < -0.39 is 10.0 Å². The van der Waals surface area contributed by atoms with Crippen molar-refractivity contribution in [2.45, 2.75) is 18.4 Å². The number of thiocarbonyl (C=S) groups is 1.